The first kappa shape index (κ1) is 45.8. The number of hydrogen-bond donors (Lipinski definition) is 0. The molecule has 0 fully saturated rings. The van der Waals surface area contributed by atoms with Gasteiger partial charge in [0.05, 0.1) is 22.1 Å². The molecular formula is C80H54N2. The zero-order valence-electron chi connectivity index (χ0n) is 45.9. The van der Waals surface area contributed by atoms with Crippen molar-refractivity contribution in [2.75, 3.05) is 0 Å². The molecule has 0 bridgehead atoms. The van der Waals surface area contributed by atoms with Gasteiger partial charge in [-0.2, -0.15) is 0 Å². The summed E-state index contributed by atoms with van der Waals surface area (Å²) in [6.45, 7) is 7.30. The third-order valence-electron chi connectivity index (χ3n) is 19.5. The first-order valence-electron chi connectivity index (χ1n) is 29.0. The van der Waals surface area contributed by atoms with Crippen molar-refractivity contribution in [2.24, 2.45) is 0 Å². The molecule has 2 heteroatoms. The van der Waals surface area contributed by atoms with Crippen molar-refractivity contribution in [3.05, 3.63) is 289 Å². The molecule has 1 atom stereocenters. The minimum absolute atomic E-state index is 0.0539. The van der Waals surface area contributed by atoms with Crippen LogP contribution in [0, 0.1) is 0 Å². The number of fused-ring (bicyclic) bond motifs is 14. The number of para-hydroxylation sites is 4. The molecule has 2 nitrogen and oxygen atoms in total. The maximum absolute atomic E-state index is 2.51. The molecule has 18 rings (SSSR count). The van der Waals surface area contributed by atoms with E-state index < -0.39 is 0 Å². The minimum Gasteiger partial charge on any atom is -0.309 e. The lowest BCUT2D eigenvalue weighted by molar-refractivity contribution is 0.513. The van der Waals surface area contributed by atoms with Crippen LogP contribution in [-0.2, 0) is 17.3 Å². The maximum Gasteiger partial charge on any atom is 0.0541 e. The van der Waals surface area contributed by atoms with Crippen LogP contribution in [0.15, 0.2) is 261 Å². The second-order valence-corrected chi connectivity index (χ2v) is 24.1. The molecule has 2 aromatic heterocycles. The predicted octanol–water partition coefficient (Wildman–Crippen LogP) is 21.0. The number of rotatable bonds is 6. The lowest BCUT2D eigenvalue weighted by atomic mass is 9.62. The first-order valence-corrected chi connectivity index (χ1v) is 29.0. The van der Waals surface area contributed by atoms with Gasteiger partial charge in [-0.25, -0.2) is 0 Å². The van der Waals surface area contributed by atoms with Crippen molar-refractivity contribution in [3.63, 3.8) is 0 Å². The summed E-state index contributed by atoms with van der Waals surface area (Å²) >= 11 is 0. The van der Waals surface area contributed by atoms with E-state index in [1.807, 2.05) is 0 Å². The van der Waals surface area contributed by atoms with Gasteiger partial charge in [-0.05, 0) is 189 Å². The van der Waals surface area contributed by atoms with Crippen LogP contribution in [0.4, 0.5) is 0 Å². The Morgan fingerprint density at radius 2 is 0.671 bits per heavy atom. The van der Waals surface area contributed by atoms with Crippen LogP contribution in [0.1, 0.15) is 48.6 Å². The van der Waals surface area contributed by atoms with E-state index in [1.54, 1.807) is 0 Å². The predicted molar refractivity (Wildman–Crippen MR) is 345 cm³/mol. The standard InChI is InChI=1S/C80H54N2/c1-79(2)69-44-51(30-35-56(69)57-38-33-53(45-70(57)79)81-72-26-14-10-22-59(72)60-23-11-15-27-73(60)81)50-31-36-63-66(42-50)76(48-18-6-4-7-19-48)64-37-32-52(43-67(64)77(63)49-20-8-5-9-21-49)55-40-41-65-58-39-34-54(46-71(58)80(3)47-68(55)78(65)80)82-74-28-16-12-24-61(74)62-25-13-17-29-75(62)82/h4-46H,47H2,1-3H3. The highest BCUT2D eigenvalue weighted by atomic mass is 15.0. The molecule has 0 saturated carbocycles. The molecule has 2 heterocycles. The Hall–Kier alpha value is -10.0. The Balaban J connectivity index is 0.763. The van der Waals surface area contributed by atoms with Gasteiger partial charge in [-0.3, -0.25) is 0 Å². The summed E-state index contributed by atoms with van der Waals surface area (Å²) in [5, 5.41) is 10.2. The van der Waals surface area contributed by atoms with E-state index in [9.17, 15) is 0 Å². The van der Waals surface area contributed by atoms with Crippen LogP contribution in [0.2, 0.25) is 0 Å². The van der Waals surface area contributed by atoms with E-state index >= 15 is 0 Å². The van der Waals surface area contributed by atoms with E-state index in [0.717, 1.165) is 6.42 Å². The largest absolute Gasteiger partial charge is 0.309 e. The summed E-state index contributed by atoms with van der Waals surface area (Å²) in [7, 11) is 0. The Morgan fingerprint density at radius 3 is 1.21 bits per heavy atom. The van der Waals surface area contributed by atoms with E-state index in [-0.39, 0.29) is 10.8 Å². The average Bonchev–Trinajstić information content (AvgIpc) is 1.63. The zero-order valence-corrected chi connectivity index (χ0v) is 45.9. The van der Waals surface area contributed by atoms with Crippen molar-refractivity contribution >= 4 is 65.2 Å². The van der Waals surface area contributed by atoms with Gasteiger partial charge in [0.1, 0.15) is 0 Å². The molecule has 1 unspecified atom stereocenters. The van der Waals surface area contributed by atoms with Crippen LogP contribution in [0.3, 0.4) is 0 Å². The van der Waals surface area contributed by atoms with Crippen LogP contribution in [0.5, 0.6) is 0 Å². The van der Waals surface area contributed by atoms with Gasteiger partial charge in [0.2, 0.25) is 0 Å². The highest BCUT2D eigenvalue weighted by Gasteiger charge is 2.49. The van der Waals surface area contributed by atoms with Crippen molar-refractivity contribution in [3.8, 4) is 78.1 Å². The molecule has 3 aliphatic rings. The summed E-state index contributed by atoms with van der Waals surface area (Å²) < 4.78 is 4.91. The summed E-state index contributed by atoms with van der Waals surface area (Å²) in [6, 6.07) is 98.5. The maximum atomic E-state index is 2.51. The second kappa shape index (κ2) is 16.5. The smallest absolute Gasteiger partial charge is 0.0541 e. The van der Waals surface area contributed by atoms with Gasteiger partial charge >= 0.3 is 0 Å². The molecule has 0 spiro atoms. The Labute approximate surface area is 476 Å². The van der Waals surface area contributed by atoms with E-state index in [2.05, 4.69) is 291 Å². The molecule has 13 aromatic carbocycles. The quantitative estimate of drug-likeness (QED) is 0.147. The minimum atomic E-state index is -0.213. The molecule has 0 radical (unpaired) electrons. The molecule has 384 valence electrons. The van der Waals surface area contributed by atoms with Gasteiger partial charge in [0.25, 0.3) is 0 Å². The highest BCUT2D eigenvalue weighted by Crippen LogP contribution is 2.61. The normalized spacial score (nSPS) is 15.4. The number of benzene rings is 13. The van der Waals surface area contributed by atoms with Crippen LogP contribution in [-0.4, -0.2) is 9.13 Å². The van der Waals surface area contributed by atoms with Crippen molar-refractivity contribution in [1.82, 2.24) is 9.13 Å². The van der Waals surface area contributed by atoms with Gasteiger partial charge in [0, 0.05) is 43.7 Å². The zero-order chi connectivity index (χ0) is 54.2. The Morgan fingerprint density at radius 1 is 0.280 bits per heavy atom. The third-order valence-corrected chi connectivity index (χ3v) is 19.5. The van der Waals surface area contributed by atoms with E-state index in [4.69, 9.17) is 0 Å². The Bertz CT molecular complexity index is 5170. The fourth-order valence-corrected chi connectivity index (χ4v) is 15.7. The number of aromatic nitrogens is 2. The fourth-order valence-electron chi connectivity index (χ4n) is 15.7. The highest BCUT2D eigenvalue weighted by molar-refractivity contribution is 6.23. The number of hydrogen-bond acceptors (Lipinski definition) is 0. The Kier molecular flexibility index (Phi) is 9.24. The van der Waals surface area contributed by atoms with Gasteiger partial charge < -0.3 is 9.13 Å². The summed E-state index contributed by atoms with van der Waals surface area (Å²) in [4.78, 5) is 0. The molecule has 0 amide bonds. The molecule has 3 aliphatic carbocycles. The molecule has 0 N–H and O–H groups in total. The van der Waals surface area contributed by atoms with E-state index in [0.29, 0.717) is 0 Å². The fraction of sp³-hybridized carbons (Fsp3) is 0.0750. The van der Waals surface area contributed by atoms with Crippen molar-refractivity contribution in [2.45, 2.75) is 38.0 Å². The summed E-state index contributed by atoms with van der Waals surface area (Å²) in [5.74, 6) is 0. The summed E-state index contributed by atoms with van der Waals surface area (Å²) in [6.07, 6.45) is 1.00. The molecule has 82 heavy (non-hydrogen) atoms. The van der Waals surface area contributed by atoms with Gasteiger partial charge in [0.15, 0.2) is 0 Å². The van der Waals surface area contributed by atoms with Crippen LogP contribution in [0.25, 0.3) is 143 Å². The summed E-state index contributed by atoms with van der Waals surface area (Å²) in [5.41, 5.74) is 29.7. The molecule has 0 saturated heterocycles. The second-order valence-electron chi connectivity index (χ2n) is 24.1. The van der Waals surface area contributed by atoms with Gasteiger partial charge in [-0.15, -0.1) is 0 Å². The van der Waals surface area contributed by atoms with Gasteiger partial charge in [-0.1, -0.05) is 215 Å². The van der Waals surface area contributed by atoms with Crippen molar-refractivity contribution in [1.29, 1.82) is 0 Å². The van der Waals surface area contributed by atoms with E-state index in [1.165, 1.54) is 171 Å². The average molecular weight is 1040 g/mol. The number of nitrogens with zero attached hydrogens (tertiary/aromatic N) is 2. The molecule has 0 aliphatic heterocycles. The lowest BCUT2D eigenvalue weighted by Gasteiger charge is -2.40. The molecular weight excluding hydrogens is 989 g/mol. The first-order chi connectivity index (χ1) is 40.3. The SMILES string of the molecule is CC1(C)c2cc(-c3ccc4c(-c5ccccc5)c5cc(-c6ccc7c8c6CC8(C)c6cc(-n8c9ccccc9c9ccccc98)ccc6-7)ccc5c(-c5ccccc5)c4c3)ccc2-c2ccc(-n3c4ccccc4c4ccccc43)cc21. The molecule has 15 aromatic rings. The van der Waals surface area contributed by atoms with Crippen LogP contribution < -0.4 is 0 Å². The monoisotopic (exact) mass is 1040 g/mol. The van der Waals surface area contributed by atoms with Crippen molar-refractivity contribution < 1.29 is 0 Å². The third kappa shape index (κ3) is 6.13. The lowest BCUT2D eigenvalue weighted by Crippen LogP contribution is -2.35. The topological polar surface area (TPSA) is 9.86 Å². The van der Waals surface area contributed by atoms with Crippen LogP contribution >= 0.6 is 0 Å².